The van der Waals surface area contributed by atoms with Gasteiger partial charge in [0.2, 0.25) is 31.9 Å². The number of rotatable bonds is 18. The number of hydrogen-bond acceptors (Lipinski definition) is 16. The largest absolute Gasteiger partial charge is 1.00 e. The number of nitrogens with zero attached hydrogens (tertiary/aromatic N) is 6. The molecule has 18 nitrogen and oxygen atoms in total. The Balaban J connectivity index is 0.000000373. The monoisotopic (exact) mass is 1050 g/mol. The van der Waals surface area contributed by atoms with E-state index in [-0.39, 0.29) is 93.9 Å². The number of aliphatic carboxylic acids is 1. The van der Waals surface area contributed by atoms with Crippen molar-refractivity contribution in [2.75, 3.05) is 42.3 Å². The number of carboxylic acids is 1. The minimum Gasteiger partial charge on any atom is -0.550 e. The van der Waals surface area contributed by atoms with Crippen LogP contribution in [0, 0.1) is 11.6 Å². The van der Waals surface area contributed by atoms with Gasteiger partial charge in [-0.3, -0.25) is 4.79 Å². The summed E-state index contributed by atoms with van der Waals surface area (Å²) in [6.45, 7) is 11.1. The summed E-state index contributed by atoms with van der Waals surface area (Å²) in [5.74, 6) is -3.91. The number of hydrogen-bond donors (Lipinski definition) is 2. The number of anilines is 2. The molecule has 1 fully saturated rings. The minimum absolute atomic E-state index is 0. The standard InChI is InChI=1S/C26H34FN3O6S.C22H28FN3O6S.K/c1-16(2)23-21(13-12-19-14-20(15-22(31)34-6)36-26(3,4)35-19)24(17-8-10-18(27)11-9-17)29-25(28-23)30(5)37(7,32)33;1-13(2)20-18(10-9-16(27)11-17(28)12-19(29)30)21(14-5-7-15(23)8-6-14)25-22(24-20)26(3)33(4,31)32;/h8-13,16,19-20H,14-15H2,1-7H3;5-10,13,16-17,27-28H,11-12H2,1-4H3,(H,29,30);/q;;+1/p-1/b13-12+;10-9+;/t19-,20-;16?,17-;/m11./s1. The van der Waals surface area contributed by atoms with Crippen LogP contribution in [-0.4, -0.2) is 123 Å². The molecule has 5 rings (SSSR count). The first-order chi connectivity index (χ1) is 32.5. The zero-order valence-electron chi connectivity index (χ0n) is 42.0. The van der Waals surface area contributed by atoms with Crippen molar-refractivity contribution in [3.05, 3.63) is 94.8 Å². The maximum atomic E-state index is 13.7. The van der Waals surface area contributed by atoms with Crippen molar-refractivity contribution in [2.45, 2.75) is 109 Å². The van der Waals surface area contributed by atoms with E-state index in [1.165, 1.54) is 69.8 Å². The molecule has 0 radical (unpaired) electrons. The number of benzene rings is 2. The van der Waals surface area contributed by atoms with E-state index in [9.17, 15) is 50.5 Å². The number of carbonyl (C=O) groups is 2. The van der Waals surface area contributed by atoms with Crippen LogP contribution < -0.4 is 65.1 Å². The molecule has 2 aromatic carbocycles. The summed E-state index contributed by atoms with van der Waals surface area (Å²) in [6, 6.07) is 11.3. The predicted octanol–water partition coefficient (Wildman–Crippen LogP) is 2.36. The summed E-state index contributed by atoms with van der Waals surface area (Å²) in [5, 5.41) is 30.6. The first-order valence-corrected chi connectivity index (χ1v) is 25.8. The number of carbonyl (C=O) groups excluding carboxylic acids is 2. The van der Waals surface area contributed by atoms with E-state index >= 15 is 0 Å². The fourth-order valence-electron chi connectivity index (χ4n) is 7.10. The van der Waals surface area contributed by atoms with Crippen molar-refractivity contribution in [2.24, 2.45) is 0 Å². The average Bonchev–Trinajstić information content (AvgIpc) is 3.25. The molecule has 0 amide bonds. The molecule has 1 unspecified atom stereocenters. The van der Waals surface area contributed by atoms with Gasteiger partial charge in [0.1, 0.15) is 11.6 Å². The minimum atomic E-state index is -3.66. The topological polar surface area (TPSA) is 252 Å². The number of halogens is 2. The Morgan fingerprint density at radius 2 is 1.24 bits per heavy atom. The molecule has 0 saturated carbocycles. The van der Waals surface area contributed by atoms with Crippen molar-refractivity contribution in [1.82, 2.24) is 19.9 Å². The number of esters is 1. The molecule has 4 atom stereocenters. The Labute approximate surface area is 457 Å². The molecular formula is C48H61F2KN6O12S2. The van der Waals surface area contributed by atoms with Gasteiger partial charge in [0, 0.05) is 61.6 Å². The fraction of sp³-hybridized carbons (Fsp3) is 0.458. The number of sulfonamides is 2. The zero-order valence-corrected chi connectivity index (χ0v) is 46.7. The molecule has 382 valence electrons. The van der Waals surface area contributed by atoms with Gasteiger partial charge in [0.15, 0.2) is 5.79 Å². The van der Waals surface area contributed by atoms with Gasteiger partial charge in [-0.1, -0.05) is 52.0 Å². The van der Waals surface area contributed by atoms with Crippen molar-refractivity contribution >= 4 is 56.0 Å². The molecule has 0 aliphatic carbocycles. The second-order valence-corrected chi connectivity index (χ2v) is 21.7. The molecular weight excluding hydrogens is 994 g/mol. The van der Waals surface area contributed by atoms with Gasteiger partial charge in [-0.2, -0.15) is 0 Å². The molecule has 1 aliphatic heterocycles. The van der Waals surface area contributed by atoms with Gasteiger partial charge in [-0.05, 0) is 74.2 Å². The van der Waals surface area contributed by atoms with Crippen LogP contribution in [0.25, 0.3) is 34.7 Å². The summed E-state index contributed by atoms with van der Waals surface area (Å²) in [5.41, 5.74) is 4.10. The van der Waals surface area contributed by atoms with E-state index in [2.05, 4.69) is 19.9 Å². The van der Waals surface area contributed by atoms with Crippen molar-refractivity contribution in [3.63, 3.8) is 0 Å². The Bertz CT molecular complexity index is 2760. The molecule has 71 heavy (non-hydrogen) atoms. The van der Waals surface area contributed by atoms with Crippen LogP contribution in [-0.2, 0) is 43.8 Å². The van der Waals surface area contributed by atoms with Crippen molar-refractivity contribution in [1.29, 1.82) is 0 Å². The molecule has 1 aliphatic rings. The van der Waals surface area contributed by atoms with Crippen LogP contribution in [0.5, 0.6) is 0 Å². The summed E-state index contributed by atoms with van der Waals surface area (Å²) in [4.78, 5) is 40.4. The summed E-state index contributed by atoms with van der Waals surface area (Å²) < 4.78 is 94.5. The van der Waals surface area contributed by atoms with E-state index < -0.39 is 74.3 Å². The number of ether oxygens (including phenoxy) is 3. The molecule has 1 saturated heterocycles. The van der Waals surface area contributed by atoms with E-state index in [4.69, 9.17) is 14.2 Å². The quantitative estimate of drug-likeness (QED) is 0.107. The van der Waals surface area contributed by atoms with Crippen LogP contribution in [0.1, 0.15) is 102 Å². The van der Waals surface area contributed by atoms with Gasteiger partial charge < -0.3 is 34.3 Å². The van der Waals surface area contributed by atoms with Crippen LogP contribution in [0.4, 0.5) is 20.7 Å². The molecule has 2 aromatic heterocycles. The third kappa shape index (κ3) is 18.1. The number of aliphatic hydroxyl groups excluding tert-OH is 2. The van der Waals surface area contributed by atoms with Crippen LogP contribution in [0.2, 0.25) is 0 Å². The number of aromatic nitrogens is 4. The number of methoxy groups -OCH3 is 1. The van der Waals surface area contributed by atoms with E-state index in [1.807, 2.05) is 39.8 Å². The van der Waals surface area contributed by atoms with E-state index in [0.717, 1.165) is 21.1 Å². The predicted molar refractivity (Wildman–Crippen MR) is 259 cm³/mol. The van der Waals surface area contributed by atoms with Gasteiger partial charge >= 0.3 is 57.4 Å². The van der Waals surface area contributed by atoms with Gasteiger partial charge in [-0.15, -0.1) is 0 Å². The summed E-state index contributed by atoms with van der Waals surface area (Å²) in [6.07, 6.45) is 5.08. The van der Waals surface area contributed by atoms with Crippen molar-refractivity contribution < 1.29 is 116 Å². The van der Waals surface area contributed by atoms with Crippen LogP contribution >= 0.6 is 0 Å². The Hall–Kier alpha value is -4.14. The fourth-order valence-corrected chi connectivity index (χ4v) is 7.85. The van der Waals surface area contributed by atoms with Gasteiger partial charge in [-0.25, -0.2) is 54.2 Å². The summed E-state index contributed by atoms with van der Waals surface area (Å²) in [7, 11) is -3.24. The Morgan fingerprint density at radius 1 is 0.803 bits per heavy atom. The van der Waals surface area contributed by atoms with E-state index in [1.54, 1.807) is 26.0 Å². The average molecular weight is 1060 g/mol. The molecule has 4 aromatic rings. The maximum absolute atomic E-state index is 13.7. The van der Waals surface area contributed by atoms with E-state index in [0.29, 0.717) is 51.5 Å². The zero-order chi connectivity index (χ0) is 52.5. The maximum Gasteiger partial charge on any atom is 1.00 e. The molecule has 0 bridgehead atoms. The summed E-state index contributed by atoms with van der Waals surface area (Å²) >= 11 is 0. The number of aliphatic hydroxyl groups is 2. The Kier molecular flexibility index (Phi) is 22.6. The normalized spacial score (nSPS) is 16.8. The molecule has 3 heterocycles. The molecule has 2 N–H and O–H groups in total. The van der Waals surface area contributed by atoms with Gasteiger partial charge in [0.05, 0.1) is 73.2 Å². The third-order valence-electron chi connectivity index (χ3n) is 10.7. The third-order valence-corrected chi connectivity index (χ3v) is 13.0. The molecule has 23 heteroatoms. The van der Waals surface area contributed by atoms with Crippen LogP contribution in [0.3, 0.4) is 0 Å². The second-order valence-electron chi connectivity index (χ2n) is 17.7. The van der Waals surface area contributed by atoms with Crippen molar-refractivity contribution in [3.8, 4) is 22.5 Å². The first-order valence-electron chi connectivity index (χ1n) is 22.1. The SMILES string of the molecule is CC(C)c1nc(N(C)S(C)(=O)=O)nc(-c2ccc(F)cc2)c1/C=C/C(O)C[C@@H](O)CC(=O)[O-].COC(=O)C[C@H]1C[C@@H](/C=C/c2c(-c3ccc(F)cc3)nc(N(C)S(C)(=O)=O)nc2C(C)C)OC(C)(C)O1.[K+]. The Morgan fingerprint density at radius 3 is 1.63 bits per heavy atom. The molecule has 0 spiro atoms. The van der Waals surface area contributed by atoms with Gasteiger partial charge in [0.25, 0.3) is 0 Å². The smallest absolute Gasteiger partial charge is 0.550 e. The first kappa shape index (κ1) is 61.2. The number of carboxylic acid groups (broad SMARTS) is 1. The second kappa shape index (κ2) is 26.2. The van der Waals surface area contributed by atoms with Crippen LogP contribution in [0.15, 0.2) is 60.7 Å².